The maximum absolute atomic E-state index is 13.0. The number of ether oxygens (including phenoxy) is 1. The second kappa shape index (κ2) is 6.56. The van der Waals surface area contributed by atoms with E-state index >= 15 is 0 Å². The van der Waals surface area contributed by atoms with Gasteiger partial charge in [-0.3, -0.25) is 4.79 Å². The number of anilines is 2. The summed E-state index contributed by atoms with van der Waals surface area (Å²) in [7, 11) is 0. The Morgan fingerprint density at radius 3 is 2.80 bits per heavy atom. The van der Waals surface area contributed by atoms with Crippen LogP contribution < -0.4 is 15.8 Å². The summed E-state index contributed by atoms with van der Waals surface area (Å²) in [5, 5.41) is 2.58. The number of benzene rings is 2. The van der Waals surface area contributed by atoms with E-state index in [0.29, 0.717) is 11.4 Å². The van der Waals surface area contributed by atoms with E-state index < -0.39 is 5.82 Å². The maximum atomic E-state index is 13.0. The van der Waals surface area contributed by atoms with Gasteiger partial charge in [-0.25, -0.2) is 4.39 Å². The summed E-state index contributed by atoms with van der Waals surface area (Å²) >= 11 is 2.16. The fourth-order valence-electron chi connectivity index (χ4n) is 1.52. The van der Waals surface area contributed by atoms with Gasteiger partial charge in [0.05, 0.1) is 5.69 Å². The quantitative estimate of drug-likeness (QED) is 0.627. The Labute approximate surface area is 129 Å². The van der Waals surface area contributed by atoms with Gasteiger partial charge in [-0.1, -0.05) is 6.07 Å². The molecule has 0 aliphatic carbocycles. The second-order valence-electron chi connectivity index (χ2n) is 4.03. The molecule has 2 rings (SSSR count). The highest BCUT2D eigenvalue weighted by molar-refractivity contribution is 14.1. The van der Waals surface area contributed by atoms with Gasteiger partial charge in [-0.05, 0) is 59.0 Å². The Morgan fingerprint density at radius 1 is 1.30 bits per heavy atom. The molecule has 2 aromatic carbocycles. The molecule has 0 spiro atoms. The first-order chi connectivity index (χ1) is 9.54. The van der Waals surface area contributed by atoms with E-state index in [2.05, 4.69) is 27.9 Å². The van der Waals surface area contributed by atoms with E-state index in [-0.39, 0.29) is 18.2 Å². The Hall–Kier alpha value is -1.83. The molecular formula is C14H12FIN2O2. The van der Waals surface area contributed by atoms with Crippen LogP contribution in [0.15, 0.2) is 42.5 Å². The third kappa shape index (κ3) is 4.09. The zero-order chi connectivity index (χ0) is 14.5. The van der Waals surface area contributed by atoms with Crippen LogP contribution in [0.4, 0.5) is 15.8 Å². The summed E-state index contributed by atoms with van der Waals surface area (Å²) in [5.41, 5.74) is 5.84. The molecule has 1 amide bonds. The lowest BCUT2D eigenvalue weighted by atomic mass is 10.2. The van der Waals surface area contributed by atoms with Crippen molar-refractivity contribution in [2.75, 3.05) is 17.7 Å². The number of hydrogen-bond acceptors (Lipinski definition) is 3. The number of carbonyl (C=O) groups is 1. The summed E-state index contributed by atoms with van der Waals surface area (Å²) in [6.45, 7) is -0.128. The van der Waals surface area contributed by atoms with Crippen LogP contribution in [-0.2, 0) is 4.79 Å². The Morgan fingerprint density at radius 2 is 2.10 bits per heavy atom. The number of nitrogens with one attached hydrogen (secondary N) is 1. The normalized spacial score (nSPS) is 10.1. The molecule has 0 aromatic heterocycles. The van der Waals surface area contributed by atoms with E-state index in [0.717, 1.165) is 3.57 Å². The number of hydrogen-bond donors (Lipinski definition) is 2. The van der Waals surface area contributed by atoms with Gasteiger partial charge in [0.2, 0.25) is 0 Å². The van der Waals surface area contributed by atoms with Crippen LogP contribution in [0.3, 0.4) is 0 Å². The van der Waals surface area contributed by atoms with Gasteiger partial charge in [0.25, 0.3) is 5.91 Å². The minimum absolute atomic E-state index is 0.0127. The van der Waals surface area contributed by atoms with Crippen molar-refractivity contribution in [1.82, 2.24) is 0 Å². The van der Waals surface area contributed by atoms with E-state index in [9.17, 15) is 9.18 Å². The molecule has 2 aromatic rings. The maximum Gasteiger partial charge on any atom is 0.262 e. The number of nitrogens with two attached hydrogens (primary N) is 1. The molecule has 20 heavy (non-hydrogen) atoms. The molecule has 4 nitrogen and oxygen atoms in total. The first kappa shape index (κ1) is 14.6. The van der Waals surface area contributed by atoms with Crippen molar-refractivity contribution in [2.24, 2.45) is 0 Å². The Bertz CT molecular complexity index is 634. The molecule has 0 heterocycles. The third-order valence-corrected chi connectivity index (χ3v) is 3.12. The molecule has 0 saturated carbocycles. The Balaban J connectivity index is 1.91. The molecule has 0 aliphatic rings. The van der Waals surface area contributed by atoms with Gasteiger partial charge in [0.1, 0.15) is 11.6 Å². The highest BCUT2D eigenvalue weighted by Gasteiger charge is 2.06. The van der Waals surface area contributed by atoms with E-state index in [1.165, 1.54) is 18.2 Å². The van der Waals surface area contributed by atoms with Crippen molar-refractivity contribution in [3.63, 3.8) is 0 Å². The van der Waals surface area contributed by atoms with Gasteiger partial charge in [0.15, 0.2) is 6.61 Å². The number of carbonyl (C=O) groups excluding carboxylic acids is 1. The zero-order valence-electron chi connectivity index (χ0n) is 10.4. The zero-order valence-corrected chi connectivity index (χ0v) is 12.6. The summed E-state index contributed by atoms with van der Waals surface area (Å²) in [6.07, 6.45) is 0. The molecule has 0 fully saturated rings. The standard InChI is InChI=1S/C14H12FIN2O2/c15-12-5-4-10(7-13(12)17)18-14(19)8-20-11-3-1-2-9(16)6-11/h1-7H,8,17H2,(H,18,19). The largest absolute Gasteiger partial charge is 0.484 e. The molecular weight excluding hydrogens is 374 g/mol. The van der Waals surface area contributed by atoms with Crippen molar-refractivity contribution in [3.8, 4) is 5.75 Å². The SMILES string of the molecule is Nc1cc(NC(=O)COc2cccc(I)c2)ccc1F. The average molecular weight is 386 g/mol. The molecule has 0 bridgehead atoms. The first-order valence-corrected chi connectivity index (χ1v) is 6.86. The summed E-state index contributed by atoms with van der Waals surface area (Å²) in [5.74, 6) is -0.237. The van der Waals surface area contributed by atoms with Gasteiger partial charge in [-0.2, -0.15) is 0 Å². The van der Waals surface area contributed by atoms with Crippen LogP contribution in [0.25, 0.3) is 0 Å². The van der Waals surface area contributed by atoms with Crippen molar-refractivity contribution in [3.05, 3.63) is 51.9 Å². The Kier molecular flexibility index (Phi) is 4.78. The fourth-order valence-corrected chi connectivity index (χ4v) is 2.04. The monoisotopic (exact) mass is 386 g/mol. The summed E-state index contributed by atoms with van der Waals surface area (Å²) in [4.78, 5) is 11.7. The number of halogens is 2. The molecule has 0 atom stereocenters. The van der Waals surface area contributed by atoms with Gasteiger partial charge < -0.3 is 15.8 Å². The van der Waals surface area contributed by atoms with Crippen LogP contribution in [0.2, 0.25) is 0 Å². The minimum Gasteiger partial charge on any atom is -0.484 e. The van der Waals surface area contributed by atoms with Crippen LogP contribution in [-0.4, -0.2) is 12.5 Å². The van der Waals surface area contributed by atoms with Crippen LogP contribution >= 0.6 is 22.6 Å². The van der Waals surface area contributed by atoms with E-state index in [1.807, 2.05) is 18.2 Å². The lowest BCUT2D eigenvalue weighted by molar-refractivity contribution is -0.118. The predicted molar refractivity (Wildman–Crippen MR) is 84.1 cm³/mol. The number of rotatable bonds is 4. The number of amides is 1. The highest BCUT2D eigenvalue weighted by Crippen LogP contribution is 2.17. The smallest absolute Gasteiger partial charge is 0.262 e. The molecule has 0 radical (unpaired) electrons. The fraction of sp³-hybridized carbons (Fsp3) is 0.0714. The van der Waals surface area contributed by atoms with Gasteiger partial charge in [0, 0.05) is 9.26 Å². The summed E-state index contributed by atoms with van der Waals surface area (Å²) < 4.78 is 19.4. The molecule has 6 heteroatoms. The van der Waals surface area contributed by atoms with Crippen LogP contribution in [0, 0.1) is 9.39 Å². The van der Waals surface area contributed by atoms with Gasteiger partial charge >= 0.3 is 0 Å². The predicted octanol–water partition coefficient (Wildman–Crippen LogP) is 3.03. The number of nitrogen functional groups attached to an aromatic ring is 1. The average Bonchev–Trinajstić information content (AvgIpc) is 2.41. The topological polar surface area (TPSA) is 64.3 Å². The van der Waals surface area contributed by atoms with Crippen LogP contribution in [0.1, 0.15) is 0 Å². The van der Waals surface area contributed by atoms with Crippen molar-refractivity contribution >= 4 is 39.9 Å². The van der Waals surface area contributed by atoms with Gasteiger partial charge in [-0.15, -0.1) is 0 Å². The minimum atomic E-state index is -0.516. The van der Waals surface area contributed by atoms with Crippen molar-refractivity contribution < 1.29 is 13.9 Å². The van der Waals surface area contributed by atoms with E-state index in [1.54, 1.807) is 6.07 Å². The van der Waals surface area contributed by atoms with Crippen LogP contribution in [0.5, 0.6) is 5.75 Å². The third-order valence-electron chi connectivity index (χ3n) is 2.45. The molecule has 104 valence electrons. The molecule has 3 N–H and O–H groups in total. The molecule has 0 unspecified atom stereocenters. The van der Waals surface area contributed by atoms with Crippen molar-refractivity contribution in [2.45, 2.75) is 0 Å². The molecule has 0 aliphatic heterocycles. The second-order valence-corrected chi connectivity index (χ2v) is 5.28. The summed E-state index contributed by atoms with van der Waals surface area (Å²) in [6, 6.07) is 11.4. The molecule has 0 saturated heterocycles. The van der Waals surface area contributed by atoms with Crippen molar-refractivity contribution in [1.29, 1.82) is 0 Å². The van der Waals surface area contributed by atoms with E-state index in [4.69, 9.17) is 10.5 Å². The lowest BCUT2D eigenvalue weighted by Gasteiger charge is -2.08. The first-order valence-electron chi connectivity index (χ1n) is 5.78. The highest BCUT2D eigenvalue weighted by atomic mass is 127. The lowest BCUT2D eigenvalue weighted by Crippen LogP contribution is -2.20.